The molecular formula is C16H21N3O. The highest BCUT2D eigenvalue weighted by Gasteiger charge is 2.26. The predicted molar refractivity (Wildman–Crippen MR) is 78.6 cm³/mol. The van der Waals surface area contributed by atoms with Crippen LogP contribution in [-0.2, 0) is 17.8 Å². The lowest BCUT2D eigenvalue weighted by Gasteiger charge is -2.17. The fourth-order valence-electron chi connectivity index (χ4n) is 2.64. The molecule has 0 amide bonds. The van der Waals surface area contributed by atoms with Crippen molar-refractivity contribution in [3.05, 3.63) is 35.3 Å². The summed E-state index contributed by atoms with van der Waals surface area (Å²) >= 11 is 0. The van der Waals surface area contributed by atoms with Gasteiger partial charge < -0.3 is 14.9 Å². The first-order valence-electron chi connectivity index (χ1n) is 7.19. The summed E-state index contributed by atoms with van der Waals surface area (Å²) < 4.78 is 2.08. The molecule has 0 saturated heterocycles. The fraction of sp³-hybridized carbons (Fsp3) is 0.500. The molecular weight excluding hydrogens is 250 g/mol. The molecule has 2 aromatic rings. The molecule has 0 atom stereocenters. The lowest BCUT2D eigenvalue weighted by molar-refractivity contribution is -0.114. The van der Waals surface area contributed by atoms with Crippen LogP contribution in [-0.4, -0.2) is 15.7 Å². The number of hydrogen-bond donors (Lipinski definition) is 1. The molecule has 3 rings (SSSR count). The standard InChI is InChI=1S/C16H21N3O/c1-16(2,10-20)6-12-5-13(11-3-4-11)8-19-9-14(7-17)18-15(12)19/h5,8-11H,3-4,6-7,17H2,1-2H3. The minimum atomic E-state index is -0.364. The first-order valence-corrected chi connectivity index (χ1v) is 7.19. The van der Waals surface area contributed by atoms with Gasteiger partial charge >= 0.3 is 0 Å². The van der Waals surface area contributed by atoms with Crippen molar-refractivity contribution in [1.29, 1.82) is 0 Å². The Hall–Kier alpha value is -1.68. The van der Waals surface area contributed by atoms with Crippen LogP contribution in [0.4, 0.5) is 0 Å². The van der Waals surface area contributed by atoms with Crippen molar-refractivity contribution in [1.82, 2.24) is 9.38 Å². The number of carbonyl (C=O) groups excluding carboxylic acids is 1. The zero-order valence-electron chi connectivity index (χ0n) is 12.1. The number of fused-ring (bicyclic) bond motifs is 1. The topological polar surface area (TPSA) is 60.4 Å². The van der Waals surface area contributed by atoms with Crippen LogP contribution in [0.25, 0.3) is 5.65 Å². The van der Waals surface area contributed by atoms with Crippen molar-refractivity contribution >= 4 is 11.9 Å². The van der Waals surface area contributed by atoms with Gasteiger partial charge in [0.05, 0.1) is 5.69 Å². The predicted octanol–water partition coefficient (Wildman–Crippen LogP) is 2.44. The number of pyridine rings is 1. The molecule has 1 aliphatic rings. The summed E-state index contributed by atoms with van der Waals surface area (Å²) in [7, 11) is 0. The van der Waals surface area contributed by atoms with E-state index in [0.29, 0.717) is 18.9 Å². The average molecular weight is 271 g/mol. The van der Waals surface area contributed by atoms with Crippen LogP contribution in [0.3, 0.4) is 0 Å². The van der Waals surface area contributed by atoms with Gasteiger partial charge in [-0.05, 0) is 36.3 Å². The molecule has 2 aromatic heterocycles. The van der Waals surface area contributed by atoms with Gasteiger partial charge in [0.2, 0.25) is 0 Å². The third kappa shape index (κ3) is 2.48. The van der Waals surface area contributed by atoms with Gasteiger partial charge in [0, 0.05) is 24.4 Å². The van der Waals surface area contributed by atoms with Gasteiger partial charge in [0.1, 0.15) is 11.9 Å². The fourth-order valence-corrected chi connectivity index (χ4v) is 2.64. The Bertz CT molecular complexity index is 653. The highest BCUT2D eigenvalue weighted by Crippen LogP contribution is 2.41. The Kier molecular flexibility index (Phi) is 3.13. The van der Waals surface area contributed by atoms with Gasteiger partial charge in [0.15, 0.2) is 0 Å². The van der Waals surface area contributed by atoms with E-state index in [1.54, 1.807) is 0 Å². The minimum Gasteiger partial charge on any atom is -0.325 e. The van der Waals surface area contributed by atoms with Gasteiger partial charge in [-0.3, -0.25) is 0 Å². The maximum atomic E-state index is 11.2. The van der Waals surface area contributed by atoms with Crippen LogP contribution in [0, 0.1) is 5.41 Å². The van der Waals surface area contributed by atoms with Crippen molar-refractivity contribution < 1.29 is 4.79 Å². The van der Waals surface area contributed by atoms with E-state index < -0.39 is 0 Å². The highest BCUT2D eigenvalue weighted by molar-refractivity contribution is 5.61. The number of hydrogen-bond acceptors (Lipinski definition) is 3. The average Bonchev–Trinajstić information content (AvgIpc) is 3.18. The van der Waals surface area contributed by atoms with Crippen molar-refractivity contribution in [2.24, 2.45) is 11.1 Å². The molecule has 0 unspecified atom stereocenters. The molecule has 1 aliphatic carbocycles. The Morgan fingerprint density at radius 2 is 2.20 bits per heavy atom. The van der Waals surface area contributed by atoms with Gasteiger partial charge in [-0.1, -0.05) is 19.9 Å². The number of aldehydes is 1. The van der Waals surface area contributed by atoms with E-state index >= 15 is 0 Å². The first kappa shape index (κ1) is 13.3. The van der Waals surface area contributed by atoms with Gasteiger partial charge in [0.25, 0.3) is 0 Å². The molecule has 2 N–H and O–H groups in total. The molecule has 0 aliphatic heterocycles. The number of nitrogens with zero attached hydrogens (tertiary/aromatic N) is 2. The molecule has 4 nitrogen and oxygen atoms in total. The Labute approximate surface area is 119 Å². The monoisotopic (exact) mass is 271 g/mol. The summed E-state index contributed by atoms with van der Waals surface area (Å²) in [5.41, 5.74) is 9.66. The Balaban J connectivity index is 2.11. The van der Waals surface area contributed by atoms with Crippen LogP contribution >= 0.6 is 0 Å². The zero-order chi connectivity index (χ0) is 14.3. The number of carbonyl (C=O) groups is 1. The van der Waals surface area contributed by atoms with Gasteiger partial charge in [-0.25, -0.2) is 4.98 Å². The number of imidazole rings is 1. The van der Waals surface area contributed by atoms with Gasteiger partial charge in [-0.15, -0.1) is 0 Å². The molecule has 1 saturated carbocycles. The van der Waals surface area contributed by atoms with Crippen LogP contribution in [0.15, 0.2) is 18.5 Å². The smallest absolute Gasteiger partial charge is 0.140 e. The quantitative estimate of drug-likeness (QED) is 0.850. The minimum absolute atomic E-state index is 0.364. The first-order chi connectivity index (χ1) is 9.52. The van der Waals surface area contributed by atoms with Crippen LogP contribution in [0.2, 0.25) is 0 Å². The summed E-state index contributed by atoms with van der Waals surface area (Å²) in [6, 6.07) is 2.23. The van der Waals surface area contributed by atoms with E-state index in [1.165, 1.54) is 18.4 Å². The molecule has 0 radical (unpaired) electrons. The zero-order valence-corrected chi connectivity index (χ0v) is 12.1. The van der Waals surface area contributed by atoms with Crippen molar-refractivity contribution in [2.75, 3.05) is 0 Å². The molecule has 0 aromatic carbocycles. The van der Waals surface area contributed by atoms with E-state index in [1.807, 2.05) is 20.0 Å². The molecule has 2 heterocycles. The third-order valence-electron chi connectivity index (χ3n) is 3.92. The number of aromatic nitrogens is 2. The van der Waals surface area contributed by atoms with E-state index in [9.17, 15) is 4.79 Å². The highest BCUT2D eigenvalue weighted by atomic mass is 16.1. The largest absolute Gasteiger partial charge is 0.325 e. The molecule has 0 spiro atoms. The normalized spacial score (nSPS) is 15.8. The number of nitrogens with two attached hydrogens (primary N) is 1. The molecule has 1 fully saturated rings. The summed E-state index contributed by atoms with van der Waals surface area (Å²) in [4.78, 5) is 15.8. The SMILES string of the molecule is CC(C)(C=O)Cc1cc(C2CC2)cn2cc(CN)nc12. The van der Waals surface area contributed by atoms with Crippen molar-refractivity contribution in [3.63, 3.8) is 0 Å². The lowest BCUT2D eigenvalue weighted by atomic mass is 9.87. The Morgan fingerprint density at radius 3 is 2.80 bits per heavy atom. The second kappa shape index (κ2) is 4.70. The van der Waals surface area contributed by atoms with E-state index in [2.05, 4.69) is 21.6 Å². The maximum Gasteiger partial charge on any atom is 0.140 e. The molecule has 4 heteroatoms. The van der Waals surface area contributed by atoms with Crippen molar-refractivity contribution in [2.45, 2.75) is 45.6 Å². The van der Waals surface area contributed by atoms with Crippen LogP contribution in [0.1, 0.15) is 49.4 Å². The molecule has 0 bridgehead atoms. The second-order valence-corrected chi connectivity index (χ2v) is 6.52. The van der Waals surface area contributed by atoms with E-state index in [4.69, 9.17) is 5.73 Å². The summed E-state index contributed by atoms with van der Waals surface area (Å²) in [6.45, 7) is 4.37. The van der Waals surface area contributed by atoms with Crippen molar-refractivity contribution in [3.8, 4) is 0 Å². The molecule has 20 heavy (non-hydrogen) atoms. The second-order valence-electron chi connectivity index (χ2n) is 6.52. The number of rotatable bonds is 5. The maximum absolute atomic E-state index is 11.2. The summed E-state index contributed by atoms with van der Waals surface area (Å²) in [5.74, 6) is 0.682. The Morgan fingerprint density at radius 1 is 1.45 bits per heavy atom. The molecule has 106 valence electrons. The van der Waals surface area contributed by atoms with Crippen LogP contribution in [0.5, 0.6) is 0 Å². The van der Waals surface area contributed by atoms with E-state index in [-0.39, 0.29) is 5.41 Å². The van der Waals surface area contributed by atoms with Gasteiger partial charge in [-0.2, -0.15) is 0 Å². The lowest BCUT2D eigenvalue weighted by Crippen LogP contribution is -2.17. The third-order valence-corrected chi connectivity index (χ3v) is 3.92. The van der Waals surface area contributed by atoms with E-state index in [0.717, 1.165) is 23.2 Å². The van der Waals surface area contributed by atoms with Crippen LogP contribution < -0.4 is 5.73 Å². The summed E-state index contributed by atoms with van der Waals surface area (Å²) in [6.07, 6.45) is 8.43. The summed E-state index contributed by atoms with van der Waals surface area (Å²) in [5, 5.41) is 0.